The highest BCUT2D eigenvalue weighted by Gasteiger charge is 2.24. The minimum absolute atomic E-state index is 0.0760. The lowest BCUT2D eigenvalue weighted by atomic mass is 9.95. The lowest BCUT2D eigenvalue weighted by molar-refractivity contribution is -0.139. The van der Waals surface area contributed by atoms with Gasteiger partial charge >= 0.3 is 5.97 Å². The van der Waals surface area contributed by atoms with Gasteiger partial charge in [0.2, 0.25) is 0 Å². The molecule has 2 N–H and O–H groups in total. The number of aromatic nitrogens is 2. The summed E-state index contributed by atoms with van der Waals surface area (Å²) in [5.41, 5.74) is 3.47. The van der Waals surface area contributed by atoms with Crippen molar-refractivity contribution in [2.24, 2.45) is 0 Å². The lowest BCUT2D eigenvalue weighted by Gasteiger charge is -2.16. The Bertz CT molecular complexity index is 1590. The predicted octanol–water partition coefficient (Wildman–Crippen LogP) is 10.7. The Morgan fingerprint density at radius 1 is 0.740 bits per heavy atom. The van der Waals surface area contributed by atoms with E-state index in [2.05, 4.69) is 43.0 Å². The van der Waals surface area contributed by atoms with Crippen molar-refractivity contribution in [3.05, 3.63) is 88.4 Å². The van der Waals surface area contributed by atoms with Gasteiger partial charge in [-0.25, -0.2) is 14.8 Å². The molecule has 1 atom stereocenters. The van der Waals surface area contributed by atoms with E-state index in [1.54, 1.807) is 6.07 Å². The number of carboxylic acid groups (broad SMARTS) is 1. The maximum absolute atomic E-state index is 12.8. The molecule has 0 aliphatic rings. The van der Waals surface area contributed by atoms with Crippen molar-refractivity contribution in [1.29, 1.82) is 0 Å². The summed E-state index contributed by atoms with van der Waals surface area (Å²) in [6.45, 7) is 9.26. The molecule has 1 unspecified atom stereocenters. The maximum Gasteiger partial charge on any atom is 0.326 e. The van der Waals surface area contributed by atoms with E-state index in [0.29, 0.717) is 10.7 Å². The van der Waals surface area contributed by atoms with Crippen LogP contribution in [-0.4, -0.2) is 39.6 Å². The predicted molar refractivity (Wildman–Crippen MR) is 205 cm³/mol. The molecule has 8 heteroatoms. The van der Waals surface area contributed by atoms with Gasteiger partial charge in [-0.05, 0) is 47.2 Å². The Morgan fingerprint density at radius 3 is 1.84 bits per heavy atom. The number of amides is 1. The molecule has 2 heterocycles. The highest BCUT2D eigenvalue weighted by molar-refractivity contribution is 7.14. The van der Waals surface area contributed by atoms with Crippen molar-refractivity contribution >= 4 is 23.2 Å². The van der Waals surface area contributed by atoms with E-state index in [4.69, 9.17) is 4.74 Å². The summed E-state index contributed by atoms with van der Waals surface area (Å²) < 4.78 is 5.98. The van der Waals surface area contributed by atoms with Crippen LogP contribution in [0.2, 0.25) is 0 Å². The largest absolute Gasteiger partial charge is 0.494 e. The zero-order valence-corrected chi connectivity index (χ0v) is 31.2. The molecule has 0 aliphatic carbocycles. The molecule has 50 heavy (non-hydrogen) atoms. The fourth-order valence-electron chi connectivity index (χ4n) is 5.82. The molecule has 0 bridgehead atoms. The summed E-state index contributed by atoms with van der Waals surface area (Å²) in [6, 6.07) is 18.2. The highest BCUT2D eigenvalue weighted by atomic mass is 32.1. The summed E-state index contributed by atoms with van der Waals surface area (Å²) >= 11 is 1.39. The fourth-order valence-corrected chi connectivity index (χ4v) is 6.79. The first-order valence-electron chi connectivity index (χ1n) is 18.4. The normalized spacial score (nSPS) is 12.1. The molecule has 0 saturated heterocycles. The summed E-state index contributed by atoms with van der Waals surface area (Å²) in [5, 5.41) is 12.5. The number of carboxylic acids is 1. The van der Waals surface area contributed by atoms with Crippen molar-refractivity contribution in [1.82, 2.24) is 15.3 Å². The van der Waals surface area contributed by atoms with Gasteiger partial charge in [-0.2, -0.15) is 0 Å². The number of carbonyl (C=O) groups excluding carboxylic acids is 1. The molecule has 0 aliphatic heterocycles. The molecule has 0 saturated carbocycles. The minimum Gasteiger partial charge on any atom is -0.494 e. The minimum atomic E-state index is -1.08. The molecule has 1 amide bonds. The second-order valence-corrected chi connectivity index (χ2v) is 15.3. The van der Waals surface area contributed by atoms with Crippen molar-refractivity contribution in [3.63, 3.8) is 0 Å². The number of rotatable bonds is 21. The number of thiophene rings is 1. The van der Waals surface area contributed by atoms with Gasteiger partial charge in [0.15, 0.2) is 5.82 Å². The van der Waals surface area contributed by atoms with Crippen LogP contribution >= 0.6 is 11.3 Å². The Hall–Kier alpha value is -4.04. The molecule has 0 spiro atoms. The molecule has 4 rings (SSSR count). The smallest absolute Gasteiger partial charge is 0.326 e. The van der Waals surface area contributed by atoms with Crippen LogP contribution in [0.5, 0.6) is 5.75 Å². The average molecular weight is 698 g/mol. The molecule has 268 valence electrons. The van der Waals surface area contributed by atoms with Gasteiger partial charge in [-0.1, -0.05) is 135 Å². The van der Waals surface area contributed by atoms with E-state index in [1.165, 1.54) is 82.0 Å². The maximum atomic E-state index is 12.8. The summed E-state index contributed by atoms with van der Waals surface area (Å²) in [6.07, 6.45) is 19.8. The van der Waals surface area contributed by atoms with Gasteiger partial charge in [0.1, 0.15) is 11.8 Å². The number of carbonyl (C=O) groups is 2. The van der Waals surface area contributed by atoms with Crippen LogP contribution < -0.4 is 10.1 Å². The van der Waals surface area contributed by atoms with Crippen LogP contribution in [0.25, 0.3) is 22.5 Å². The summed E-state index contributed by atoms with van der Waals surface area (Å²) in [5.74, 6) is 0.00608. The molecular formula is C42H55N3O4S. The van der Waals surface area contributed by atoms with Crippen LogP contribution in [0.3, 0.4) is 0 Å². The zero-order chi connectivity index (χ0) is 35.8. The first-order valence-corrected chi connectivity index (χ1v) is 19.2. The third kappa shape index (κ3) is 12.7. The number of hydrogen-bond donors (Lipinski definition) is 2. The van der Waals surface area contributed by atoms with E-state index >= 15 is 0 Å². The van der Waals surface area contributed by atoms with Gasteiger partial charge in [-0.3, -0.25) is 4.79 Å². The van der Waals surface area contributed by atoms with Gasteiger partial charge in [0, 0.05) is 34.8 Å². The molecule has 0 radical (unpaired) electrons. The Balaban J connectivity index is 1.18. The molecule has 7 nitrogen and oxygen atoms in total. The zero-order valence-electron chi connectivity index (χ0n) is 30.4. The molecule has 0 fully saturated rings. The molecule has 2 aromatic heterocycles. The van der Waals surface area contributed by atoms with Crippen LogP contribution in [-0.2, 0) is 16.6 Å². The van der Waals surface area contributed by atoms with E-state index in [0.717, 1.165) is 45.9 Å². The Kier molecular flexibility index (Phi) is 15.5. The number of nitrogens with one attached hydrogen (secondary N) is 1. The molecular weight excluding hydrogens is 643 g/mol. The molecule has 2 aromatic carbocycles. The third-order valence-electron chi connectivity index (χ3n) is 8.93. The van der Waals surface area contributed by atoms with Crippen LogP contribution in [0, 0.1) is 0 Å². The average Bonchev–Trinajstić information content (AvgIpc) is 3.63. The van der Waals surface area contributed by atoms with Crippen molar-refractivity contribution in [2.75, 3.05) is 6.61 Å². The lowest BCUT2D eigenvalue weighted by Crippen LogP contribution is -2.42. The number of benzene rings is 2. The number of ether oxygens (including phenoxy) is 1. The number of aliphatic carboxylic acids is 1. The van der Waals surface area contributed by atoms with Crippen LogP contribution in [0.4, 0.5) is 0 Å². The van der Waals surface area contributed by atoms with Crippen molar-refractivity contribution in [2.45, 2.75) is 123 Å². The van der Waals surface area contributed by atoms with E-state index < -0.39 is 12.0 Å². The van der Waals surface area contributed by atoms with E-state index in [9.17, 15) is 14.7 Å². The Labute approximate surface area is 302 Å². The molecule has 4 aromatic rings. The Morgan fingerprint density at radius 2 is 1.30 bits per heavy atom. The van der Waals surface area contributed by atoms with Crippen molar-refractivity contribution < 1.29 is 19.4 Å². The van der Waals surface area contributed by atoms with Gasteiger partial charge in [-0.15, -0.1) is 11.3 Å². The second-order valence-electron chi connectivity index (χ2n) is 14.2. The quantitative estimate of drug-likeness (QED) is 0.0841. The van der Waals surface area contributed by atoms with Gasteiger partial charge < -0.3 is 15.2 Å². The standard InChI is InChI=1S/C42H55N3O4S/c1-5-6-7-8-9-10-11-12-13-14-15-16-27-49-35-23-21-32(22-24-35)34-29-43-39(44-30-34)33-19-17-31(18-20-33)28-36(41(47)48)45-40(46)37-25-26-38(50-37)42(2,3)4/h17-26,29-30,36H,5-16,27-28H2,1-4H3,(H,45,46)(H,47,48). The number of hydrogen-bond acceptors (Lipinski definition) is 6. The van der Waals surface area contributed by atoms with E-state index in [-0.39, 0.29) is 17.7 Å². The van der Waals surface area contributed by atoms with Gasteiger partial charge in [0.05, 0.1) is 11.5 Å². The van der Waals surface area contributed by atoms with Gasteiger partial charge in [0.25, 0.3) is 5.91 Å². The van der Waals surface area contributed by atoms with Crippen molar-refractivity contribution in [3.8, 4) is 28.3 Å². The third-order valence-corrected chi connectivity index (χ3v) is 10.4. The monoisotopic (exact) mass is 697 g/mol. The summed E-state index contributed by atoms with van der Waals surface area (Å²) in [4.78, 5) is 35.6. The number of unbranched alkanes of at least 4 members (excludes halogenated alkanes) is 11. The topological polar surface area (TPSA) is 101 Å². The van der Waals surface area contributed by atoms with Crippen LogP contribution in [0.15, 0.2) is 73.1 Å². The second kappa shape index (κ2) is 20.0. The van der Waals surface area contributed by atoms with E-state index in [1.807, 2.05) is 67.0 Å². The SMILES string of the molecule is CCCCCCCCCCCCCCOc1ccc(-c2cnc(-c3ccc(CC(NC(=O)c4ccc(C(C)(C)C)s4)C(=O)O)cc3)nc2)cc1. The fraction of sp³-hybridized carbons (Fsp3) is 0.476. The number of nitrogens with zero attached hydrogens (tertiary/aromatic N) is 2. The highest BCUT2D eigenvalue weighted by Crippen LogP contribution is 2.29. The summed E-state index contributed by atoms with van der Waals surface area (Å²) in [7, 11) is 0. The van der Waals surface area contributed by atoms with Crippen LogP contribution in [0.1, 0.15) is 125 Å². The first-order chi connectivity index (χ1) is 24.1. The first kappa shape index (κ1) is 38.8.